The van der Waals surface area contributed by atoms with E-state index in [4.69, 9.17) is 4.74 Å². The fraction of sp³-hybridized carbons (Fsp3) is 0.0800. The number of nitrogens with zero attached hydrogens (tertiary/aromatic N) is 1. The van der Waals surface area contributed by atoms with Crippen LogP contribution in [-0.2, 0) is 6.18 Å². The lowest BCUT2D eigenvalue weighted by Crippen LogP contribution is -2.23. The van der Waals surface area contributed by atoms with Crippen LogP contribution in [0, 0.1) is 0 Å². The molecule has 0 unspecified atom stereocenters. The van der Waals surface area contributed by atoms with E-state index in [9.17, 15) is 22.8 Å². The number of carbonyl (C=O) groups excluding carboxylic acids is 2. The summed E-state index contributed by atoms with van der Waals surface area (Å²) in [6.45, 7) is 0. The van der Waals surface area contributed by atoms with Crippen LogP contribution in [0.15, 0.2) is 66.7 Å². The molecule has 1 heterocycles. The van der Waals surface area contributed by atoms with Gasteiger partial charge in [-0.05, 0) is 35.9 Å². The number of fused-ring (bicyclic) bond motifs is 4. The predicted molar refractivity (Wildman–Crippen MR) is 113 cm³/mol. The van der Waals surface area contributed by atoms with Crippen molar-refractivity contribution in [3.05, 3.63) is 83.4 Å². The third-order valence-electron chi connectivity index (χ3n) is 5.55. The molecule has 0 atom stereocenters. The lowest BCUT2D eigenvalue weighted by Gasteiger charge is -2.22. The van der Waals surface area contributed by atoms with Gasteiger partial charge in [0.05, 0.1) is 29.4 Å². The zero-order valence-electron chi connectivity index (χ0n) is 16.7. The van der Waals surface area contributed by atoms with E-state index in [1.54, 1.807) is 42.5 Å². The van der Waals surface area contributed by atoms with Crippen LogP contribution in [0.5, 0.6) is 5.75 Å². The second-order valence-corrected chi connectivity index (χ2v) is 7.37. The van der Waals surface area contributed by atoms with Crippen LogP contribution < -0.4 is 4.74 Å². The molecule has 0 bridgehead atoms. The smallest absolute Gasteiger partial charge is 0.416 e. The number of alkyl halides is 3. The topological polar surface area (TPSA) is 56.3 Å². The van der Waals surface area contributed by atoms with Crippen molar-refractivity contribution in [3.63, 3.8) is 0 Å². The molecule has 1 aliphatic rings. The first-order valence-corrected chi connectivity index (χ1v) is 9.67. The summed E-state index contributed by atoms with van der Waals surface area (Å²) in [7, 11) is 1.48. The third-order valence-corrected chi connectivity index (χ3v) is 5.55. The third kappa shape index (κ3) is 2.97. The molecule has 1 aliphatic carbocycles. The van der Waals surface area contributed by atoms with E-state index >= 15 is 0 Å². The van der Waals surface area contributed by atoms with Gasteiger partial charge in [-0.3, -0.25) is 9.59 Å². The maximum absolute atomic E-state index is 13.2. The van der Waals surface area contributed by atoms with Crippen LogP contribution >= 0.6 is 0 Å². The van der Waals surface area contributed by atoms with E-state index in [0.29, 0.717) is 39.0 Å². The van der Waals surface area contributed by atoms with E-state index in [1.807, 2.05) is 0 Å². The highest BCUT2D eigenvalue weighted by atomic mass is 19.4. The molecule has 1 aromatic heterocycles. The van der Waals surface area contributed by atoms with Gasteiger partial charge in [0.25, 0.3) is 0 Å². The zero-order chi connectivity index (χ0) is 22.6. The lowest BCUT2D eigenvalue weighted by molar-refractivity contribution is -0.137. The standard InChI is InChI=1S/C25H14F3NO3/c1-32-15-10-11-19-18(12-15)20(13-6-8-14(9-7-13)25(26,27)28)21-22(29-19)16-4-2-3-5-17(16)23(30)24(21)31/h2-12H,1H3. The Bertz CT molecular complexity index is 1420. The largest absolute Gasteiger partial charge is 0.497 e. The van der Waals surface area contributed by atoms with Gasteiger partial charge in [0.15, 0.2) is 0 Å². The molecule has 32 heavy (non-hydrogen) atoms. The number of hydrogen-bond donors (Lipinski definition) is 0. The summed E-state index contributed by atoms with van der Waals surface area (Å²) in [4.78, 5) is 30.7. The Labute approximate surface area is 180 Å². The summed E-state index contributed by atoms with van der Waals surface area (Å²) in [5, 5.41) is 0.503. The van der Waals surface area contributed by atoms with Crippen LogP contribution in [0.3, 0.4) is 0 Å². The first-order valence-electron chi connectivity index (χ1n) is 9.67. The van der Waals surface area contributed by atoms with Gasteiger partial charge >= 0.3 is 6.18 Å². The summed E-state index contributed by atoms with van der Waals surface area (Å²) < 4.78 is 44.6. The molecule has 3 aromatic carbocycles. The number of benzene rings is 3. The van der Waals surface area contributed by atoms with E-state index < -0.39 is 23.3 Å². The van der Waals surface area contributed by atoms with Gasteiger partial charge in [0.1, 0.15) is 5.75 Å². The minimum Gasteiger partial charge on any atom is -0.497 e. The Morgan fingerprint density at radius 2 is 1.50 bits per heavy atom. The lowest BCUT2D eigenvalue weighted by atomic mass is 9.81. The molecule has 7 heteroatoms. The number of methoxy groups -OCH3 is 1. The highest BCUT2D eigenvalue weighted by Crippen LogP contribution is 2.42. The maximum atomic E-state index is 13.2. The van der Waals surface area contributed by atoms with Gasteiger partial charge in [-0.25, -0.2) is 4.98 Å². The number of aromatic nitrogens is 1. The van der Waals surface area contributed by atoms with Gasteiger partial charge < -0.3 is 4.74 Å². The Morgan fingerprint density at radius 1 is 0.812 bits per heavy atom. The maximum Gasteiger partial charge on any atom is 0.416 e. The molecular weight excluding hydrogens is 419 g/mol. The van der Waals surface area contributed by atoms with Crippen molar-refractivity contribution in [2.45, 2.75) is 6.18 Å². The van der Waals surface area contributed by atoms with E-state index in [1.165, 1.54) is 19.2 Å². The van der Waals surface area contributed by atoms with Gasteiger partial charge in [-0.1, -0.05) is 36.4 Å². The Kier molecular flexibility index (Phi) is 4.37. The number of hydrogen-bond acceptors (Lipinski definition) is 4. The Balaban J connectivity index is 1.89. The van der Waals surface area contributed by atoms with Crippen molar-refractivity contribution in [2.24, 2.45) is 0 Å². The average molecular weight is 433 g/mol. The van der Waals surface area contributed by atoms with Crippen LogP contribution in [0.1, 0.15) is 26.3 Å². The summed E-state index contributed by atoms with van der Waals surface area (Å²) in [5.41, 5.74) is 1.62. The fourth-order valence-electron chi connectivity index (χ4n) is 4.03. The average Bonchev–Trinajstić information content (AvgIpc) is 2.80. The predicted octanol–water partition coefficient (Wildman–Crippen LogP) is 5.98. The number of ketones is 2. The molecular formula is C25H14F3NO3. The van der Waals surface area contributed by atoms with Crippen molar-refractivity contribution >= 4 is 22.5 Å². The van der Waals surface area contributed by atoms with Crippen LogP contribution in [-0.4, -0.2) is 23.7 Å². The van der Waals surface area contributed by atoms with Crippen molar-refractivity contribution in [2.75, 3.05) is 7.11 Å². The quantitative estimate of drug-likeness (QED) is 0.365. The van der Waals surface area contributed by atoms with Gasteiger partial charge in [0, 0.05) is 22.1 Å². The first kappa shape index (κ1) is 19.9. The molecule has 0 radical (unpaired) electrons. The van der Waals surface area contributed by atoms with Gasteiger partial charge in [0.2, 0.25) is 11.6 Å². The molecule has 0 amide bonds. The molecule has 4 nitrogen and oxygen atoms in total. The van der Waals surface area contributed by atoms with Crippen LogP contribution in [0.25, 0.3) is 33.3 Å². The molecule has 0 spiro atoms. The van der Waals surface area contributed by atoms with E-state index in [2.05, 4.69) is 4.98 Å². The number of pyridine rings is 1. The van der Waals surface area contributed by atoms with Crippen molar-refractivity contribution in [1.82, 2.24) is 4.98 Å². The zero-order valence-corrected chi connectivity index (χ0v) is 16.7. The van der Waals surface area contributed by atoms with Gasteiger partial charge in [-0.15, -0.1) is 0 Å². The molecule has 0 saturated carbocycles. The molecule has 4 aromatic rings. The normalized spacial score (nSPS) is 13.1. The minimum absolute atomic E-state index is 0.0780. The number of Topliss-reactive ketones (excluding diaryl/α,β-unsaturated/α-hetero) is 2. The number of rotatable bonds is 2. The van der Waals surface area contributed by atoms with Crippen molar-refractivity contribution in [1.29, 1.82) is 0 Å². The van der Waals surface area contributed by atoms with Crippen molar-refractivity contribution in [3.8, 4) is 28.1 Å². The monoisotopic (exact) mass is 433 g/mol. The van der Waals surface area contributed by atoms with Crippen LogP contribution in [0.4, 0.5) is 13.2 Å². The molecule has 0 N–H and O–H groups in total. The Morgan fingerprint density at radius 3 is 2.16 bits per heavy atom. The summed E-state index contributed by atoms with van der Waals surface area (Å²) in [6, 6.07) is 16.3. The molecule has 0 aliphatic heterocycles. The van der Waals surface area contributed by atoms with E-state index in [-0.39, 0.29) is 11.1 Å². The second kappa shape index (κ2) is 7.02. The second-order valence-electron chi connectivity index (χ2n) is 7.37. The highest BCUT2D eigenvalue weighted by molar-refractivity contribution is 6.54. The highest BCUT2D eigenvalue weighted by Gasteiger charge is 2.35. The minimum atomic E-state index is -4.49. The summed E-state index contributed by atoms with van der Waals surface area (Å²) in [5.74, 6) is -0.932. The van der Waals surface area contributed by atoms with Crippen molar-refractivity contribution < 1.29 is 27.5 Å². The Hall–Kier alpha value is -4.00. The summed E-state index contributed by atoms with van der Waals surface area (Å²) in [6.07, 6.45) is -4.49. The molecule has 5 rings (SSSR count). The van der Waals surface area contributed by atoms with E-state index in [0.717, 1.165) is 12.1 Å². The number of halogens is 3. The fourth-order valence-corrected chi connectivity index (χ4v) is 4.03. The molecule has 0 fully saturated rings. The SMILES string of the molecule is COc1ccc2nc3c(c(-c4ccc(C(F)(F)F)cc4)c2c1)C(=O)C(=O)c1ccccc1-3. The number of carbonyl (C=O) groups is 2. The van der Waals surface area contributed by atoms with Crippen LogP contribution in [0.2, 0.25) is 0 Å². The van der Waals surface area contributed by atoms with Gasteiger partial charge in [-0.2, -0.15) is 13.2 Å². The molecule has 0 saturated heterocycles. The molecule has 158 valence electrons. The number of ether oxygens (including phenoxy) is 1. The summed E-state index contributed by atoms with van der Waals surface area (Å²) >= 11 is 0. The first-order chi connectivity index (χ1) is 15.3.